The molecule has 6 nitrogen and oxygen atoms in total. The summed E-state index contributed by atoms with van der Waals surface area (Å²) >= 11 is 0. The van der Waals surface area contributed by atoms with E-state index in [-0.39, 0.29) is 49.4 Å². The van der Waals surface area contributed by atoms with Crippen molar-refractivity contribution in [3.63, 3.8) is 0 Å². The van der Waals surface area contributed by atoms with Gasteiger partial charge in [-0.2, -0.15) is 52.7 Å². The molecule has 0 spiro atoms. The number of halogens is 12. The summed E-state index contributed by atoms with van der Waals surface area (Å²) in [7, 11) is 0. The summed E-state index contributed by atoms with van der Waals surface area (Å²) in [4.78, 5) is 4.47. The summed E-state index contributed by atoms with van der Waals surface area (Å²) in [6, 6.07) is 0. The van der Waals surface area contributed by atoms with Gasteiger partial charge in [0.15, 0.2) is 5.60 Å². The minimum atomic E-state index is -5.45. The van der Waals surface area contributed by atoms with Gasteiger partial charge in [-0.25, -0.2) is 4.89 Å². The molecule has 0 aromatic rings. The van der Waals surface area contributed by atoms with Gasteiger partial charge in [0.1, 0.15) is 6.10 Å². The molecule has 8 aliphatic rings. The molecule has 0 heterocycles. The van der Waals surface area contributed by atoms with Crippen LogP contribution in [0.25, 0.3) is 0 Å². The molecular weight excluding hydrogens is 864 g/mol. The molecule has 7 unspecified atom stereocenters. The summed E-state index contributed by atoms with van der Waals surface area (Å²) in [5.41, 5.74) is -8.81. The van der Waals surface area contributed by atoms with Crippen LogP contribution in [0.4, 0.5) is 52.7 Å². The second kappa shape index (κ2) is 18.4. The van der Waals surface area contributed by atoms with Crippen molar-refractivity contribution in [3.05, 3.63) is 0 Å². The molecule has 7 atom stereocenters. The molecule has 4 N–H and O–H groups in total. The van der Waals surface area contributed by atoms with Crippen LogP contribution in [-0.2, 0) is 9.62 Å². The molecule has 63 heavy (non-hydrogen) atoms. The molecule has 0 amide bonds. The van der Waals surface area contributed by atoms with Gasteiger partial charge in [0.05, 0.1) is 23.2 Å². The molecule has 0 aromatic heterocycles. The average molecular weight is 937 g/mol. The Morgan fingerprint density at radius 2 is 1.13 bits per heavy atom. The third-order valence-electron chi connectivity index (χ3n) is 17.0. The Hall–Kier alpha value is -1.08. The molecule has 372 valence electrons. The Bertz CT molecular complexity index is 1450. The summed E-state index contributed by atoms with van der Waals surface area (Å²) < 4.78 is 159. The molecule has 8 rings (SSSR count). The second-order valence-electron chi connectivity index (χ2n) is 22.1. The van der Waals surface area contributed by atoms with Gasteiger partial charge in [0.2, 0.25) is 6.10 Å². The molecule has 8 aliphatic carbocycles. The van der Waals surface area contributed by atoms with Crippen LogP contribution in [-0.4, -0.2) is 80.9 Å². The molecule has 0 radical (unpaired) electrons. The van der Waals surface area contributed by atoms with Crippen LogP contribution in [0.15, 0.2) is 0 Å². The maximum atomic E-state index is 13.7. The van der Waals surface area contributed by atoms with Crippen molar-refractivity contribution in [2.24, 2.45) is 57.2 Å². The minimum Gasteiger partial charge on any atom is -0.390 e. The zero-order valence-corrected chi connectivity index (χ0v) is 38.0. The minimum absolute atomic E-state index is 0.0340. The second-order valence-corrected chi connectivity index (χ2v) is 22.1. The van der Waals surface area contributed by atoms with Crippen molar-refractivity contribution in [2.45, 2.75) is 218 Å². The van der Waals surface area contributed by atoms with Gasteiger partial charge in [-0.3, -0.25) is 5.26 Å². The number of ether oxygens (including phenoxy) is 1. The van der Waals surface area contributed by atoms with Gasteiger partial charge in [0, 0.05) is 11.8 Å². The van der Waals surface area contributed by atoms with Crippen LogP contribution in [0, 0.1) is 57.2 Å². The molecule has 8 saturated carbocycles. The van der Waals surface area contributed by atoms with E-state index < -0.39 is 76.6 Å². The fourth-order valence-corrected chi connectivity index (χ4v) is 13.9. The van der Waals surface area contributed by atoms with Crippen molar-refractivity contribution >= 4 is 0 Å². The van der Waals surface area contributed by atoms with Gasteiger partial charge < -0.3 is 20.1 Å². The van der Waals surface area contributed by atoms with Gasteiger partial charge in [-0.1, -0.05) is 48.0 Å². The van der Waals surface area contributed by atoms with Crippen LogP contribution in [0.2, 0.25) is 0 Å². The monoisotopic (exact) mass is 937 g/mol. The topological polar surface area (TPSA) is 99.4 Å². The van der Waals surface area contributed by atoms with Gasteiger partial charge >= 0.3 is 24.7 Å². The van der Waals surface area contributed by atoms with Crippen molar-refractivity contribution in [2.75, 3.05) is 6.61 Å². The predicted octanol–water partition coefficient (Wildman–Crippen LogP) is 13.2. The first kappa shape index (κ1) is 54.5. The largest absolute Gasteiger partial charge is 0.423 e. The summed E-state index contributed by atoms with van der Waals surface area (Å²) in [5.74, 6) is 2.51. The lowest BCUT2D eigenvalue weighted by molar-refractivity contribution is -0.393. The van der Waals surface area contributed by atoms with E-state index >= 15 is 0 Å². The average Bonchev–Trinajstić information content (AvgIpc) is 3.09. The number of hydrogen-bond acceptors (Lipinski definition) is 6. The van der Waals surface area contributed by atoms with E-state index in [0.29, 0.717) is 50.4 Å². The zero-order chi connectivity index (χ0) is 48.3. The van der Waals surface area contributed by atoms with Crippen LogP contribution in [0.1, 0.15) is 165 Å². The number of hydrogen-bond donors (Lipinski definition) is 4. The normalized spacial score (nSPS) is 37.6. The number of alkyl halides is 12. The van der Waals surface area contributed by atoms with E-state index in [2.05, 4.69) is 16.5 Å². The highest BCUT2D eigenvalue weighted by atomic mass is 19.4. The van der Waals surface area contributed by atoms with Crippen molar-refractivity contribution in [3.8, 4) is 0 Å². The Kier molecular flexibility index (Phi) is 16.0. The first-order valence-electron chi connectivity index (χ1n) is 22.8. The summed E-state index contributed by atoms with van der Waals surface area (Å²) in [5, 5.41) is 39.9. The molecule has 18 heteroatoms. The maximum absolute atomic E-state index is 13.7. The lowest BCUT2D eigenvalue weighted by Crippen LogP contribution is -2.68. The third-order valence-corrected chi connectivity index (χ3v) is 17.0. The van der Waals surface area contributed by atoms with E-state index in [1.807, 2.05) is 6.92 Å². The van der Waals surface area contributed by atoms with Crippen LogP contribution < -0.4 is 0 Å². The lowest BCUT2D eigenvalue weighted by Gasteiger charge is -2.66. The fraction of sp³-hybridized carbons (Fsp3) is 1.00. The molecule has 0 aromatic carbocycles. The quantitative estimate of drug-likeness (QED) is 0.0787. The smallest absolute Gasteiger partial charge is 0.390 e. The fourth-order valence-electron chi connectivity index (χ4n) is 13.9. The highest BCUT2D eigenvalue weighted by Crippen LogP contribution is 2.69. The predicted molar refractivity (Wildman–Crippen MR) is 211 cm³/mol. The highest BCUT2D eigenvalue weighted by molar-refractivity contribution is 5.18. The maximum Gasteiger partial charge on any atom is 0.423 e. The number of rotatable bonds is 14. The molecule has 0 aliphatic heterocycles. The van der Waals surface area contributed by atoms with Gasteiger partial charge in [0.25, 0.3) is 0 Å². The van der Waals surface area contributed by atoms with E-state index in [9.17, 15) is 68.2 Å². The molecule has 8 bridgehead atoms. The zero-order valence-electron chi connectivity index (χ0n) is 38.0. The van der Waals surface area contributed by atoms with Crippen molar-refractivity contribution < 1.29 is 82.9 Å². The van der Waals surface area contributed by atoms with E-state index in [0.717, 1.165) is 32.1 Å². The van der Waals surface area contributed by atoms with Gasteiger partial charge in [-0.15, -0.1) is 0 Å². The molecular formula is C45H72F12O6. The Balaban J connectivity index is 0.000000224. The first-order valence-corrected chi connectivity index (χ1v) is 22.8. The third kappa shape index (κ3) is 11.4. The highest BCUT2D eigenvalue weighted by Gasteiger charge is 2.71. The molecule has 8 fully saturated rings. The summed E-state index contributed by atoms with van der Waals surface area (Å²) in [6.07, 6.45) is -15.0. The van der Waals surface area contributed by atoms with Crippen molar-refractivity contribution in [1.82, 2.24) is 0 Å². The van der Waals surface area contributed by atoms with Crippen LogP contribution >= 0.6 is 0 Å². The SMILES string of the molecule is CCC(C)(C(OO)C12CC3CC(O)(CC(O)(C3)C1)C2)C(F)(F)F.CCC(C)(COC(C(F)(F)F)C(F)(F)F)CC1(CC)C2CC3CC(C2)CC1C3.CCC(C)CC(C)(O)C(F)(F)F. The van der Waals surface area contributed by atoms with Crippen molar-refractivity contribution in [1.29, 1.82) is 0 Å². The van der Waals surface area contributed by atoms with Crippen LogP contribution in [0.5, 0.6) is 0 Å². The summed E-state index contributed by atoms with van der Waals surface area (Å²) in [6.45, 7) is 12.1. The Labute approximate surface area is 364 Å². The number of aliphatic hydroxyl groups is 3. The Morgan fingerprint density at radius 1 is 0.651 bits per heavy atom. The molecule has 0 saturated heterocycles. The van der Waals surface area contributed by atoms with Gasteiger partial charge in [-0.05, 0) is 156 Å². The van der Waals surface area contributed by atoms with Crippen LogP contribution in [0.3, 0.4) is 0 Å². The standard InChI is InChI=1S/C21H32F6O.C16H25F3O4.C8H15F3O/c1-4-18(3,12-28-17(20(22,23)24)21(25,26)27)11-19(5-2)15-7-13-6-14(9-15)10-16(19)8-13;1-3-12(2,16(17,18)19)11(23-22)13-4-10-5-14(20,7-13)9-15(21,6-10)8-13;1-4-6(2)5-7(3,12)8(9,10)11/h13-17H,4-12H2,1-3H3;10-11,20-22H,3-9H2,1-2H3;6,12H,4-5H2,1-3H3. The lowest BCUT2D eigenvalue weighted by atomic mass is 9.42. The first-order chi connectivity index (χ1) is 28.4. The van der Waals surface area contributed by atoms with E-state index in [4.69, 9.17) is 5.11 Å². The van der Waals surface area contributed by atoms with E-state index in [1.165, 1.54) is 39.0 Å². The Morgan fingerprint density at radius 3 is 1.46 bits per heavy atom. The van der Waals surface area contributed by atoms with E-state index in [1.54, 1.807) is 20.8 Å².